The molecular weight excluding hydrogens is 176 g/mol. The first-order valence-electron chi connectivity index (χ1n) is 4.08. The van der Waals surface area contributed by atoms with Crippen LogP contribution in [0, 0.1) is 0 Å². The number of ether oxygens (including phenoxy) is 1. The molecule has 1 aromatic heterocycles. The van der Waals surface area contributed by atoms with Gasteiger partial charge in [0.1, 0.15) is 11.5 Å². The zero-order chi connectivity index (χ0) is 8.93. The Bertz CT molecular complexity index is 324. The lowest BCUT2D eigenvalue weighted by atomic mass is 10.3. The Kier molecular flexibility index (Phi) is 3.64. The van der Waals surface area contributed by atoms with Gasteiger partial charge in [-0.3, -0.25) is 4.98 Å². The lowest BCUT2D eigenvalue weighted by Crippen LogP contribution is -1.82. The van der Waals surface area contributed by atoms with Gasteiger partial charge in [-0.15, -0.1) is 0 Å². The van der Waals surface area contributed by atoms with Crippen molar-refractivity contribution in [3.8, 4) is 11.5 Å². The molecule has 0 spiro atoms. The van der Waals surface area contributed by atoms with E-state index in [0.29, 0.717) is 0 Å². The van der Waals surface area contributed by atoms with E-state index in [-0.39, 0.29) is 6.15 Å². The highest BCUT2D eigenvalue weighted by Crippen LogP contribution is 2.18. The normalized spacial score (nSPS) is 8.86. The fraction of sp³-hybridized carbons (Fsp3) is 0. The smallest absolute Gasteiger partial charge is 0.130 e. The van der Waals surface area contributed by atoms with E-state index >= 15 is 0 Å². The molecule has 0 fully saturated rings. The molecule has 0 aliphatic carbocycles. The van der Waals surface area contributed by atoms with Crippen molar-refractivity contribution in [1.82, 2.24) is 11.1 Å². The molecule has 3 N–H and O–H groups in total. The van der Waals surface area contributed by atoms with Crippen molar-refractivity contribution < 1.29 is 4.74 Å². The van der Waals surface area contributed by atoms with Crippen LogP contribution in [0.15, 0.2) is 54.9 Å². The summed E-state index contributed by atoms with van der Waals surface area (Å²) in [4.78, 5) is 3.91. The van der Waals surface area contributed by atoms with E-state index in [1.165, 1.54) is 0 Å². The Morgan fingerprint density at radius 1 is 0.786 bits per heavy atom. The predicted octanol–water partition coefficient (Wildman–Crippen LogP) is 3.04. The number of aromatic nitrogens is 1. The van der Waals surface area contributed by atoms with Gasteiger partial charge in [0.25, 0.3) is 0 Å². The Hall–Kier alpha value is -1.87. The summed E-state index contributed by atoms with van der Waals surface area (Å²) in [5.41, 5.74) is 0. The summed E-state index contributed by atoms with van der Waals surface area (Å²) in [5, 5.41) is 0. The fourth-order valence-electron chi connectivity index (χ4n) is 1.03. The van der Waals surface area contributed by atoms with E-state index in [1.54, 1.807) is 12.4 Å². The molecule has 0 amide bonds. The molecule has 0 unspecified atom stereocenters. The minimum Gasteiger partial charge on any atom is -0.457 e. The topological polar surface area (TPSA) is 57.1 Å². The average molecular weight is 188 g/mol. The number of hydrogen-bond donors (Lipinski definition) is 1. The van der Waals surface area contributed by atoms with E-state index in [4.69, 9.17) is 4.74 Å². The third kappa shape index (κ3) is 2.57. The van der Waals surface area contributed by atoms with Gasteiger partial charge in [0, 0.05) is 12.4 Å². The van der Waals surface area contributed by atoms with Crippen LogP contribution in [0.2, 0.25) is 0 Å². The number of para-hydroxylation sites is 1. The lowest BCUT2D eigenvalue weighted by molar-refractivity contribution is 0.482. The highest BCUT2D eigenvalue weighted by molar-refractivity contribution is 5.28. The molecule has 0 radical (unpaired) electrons. The zero-order valence-electron chi connectivity index (χ0n) is 7.76. The van der Waals surface area contributed by atoms with Gasteiger partial charge in [0.2, 0.25) is 0 Å². The molecule has 0 saturated carbocycles. The first-order chi connectivity index (χ1) is 6.45. The molecule has 0 bridgehead atoms. The van der Waals surface area contributed by atoms with Crippen LogP contribution in [0.5, 0.6) is 11.5 Å². The highest BCUT2D eigenvalue weighted by atomic mass is 16.5. The second-order valence-electron chi connectivity index (χ2n) is 2.60. The number of hydrogen-bond acceptors (Lipinski definition) is 3. The van der Waals surface area contributed by atoms with Crippen molar-refractivity contribution >= 4 is 0 Å². The monoisotopic (exact) mass is 188 g/mol. The molecule has 2 rings (SSSR count). The summed E-state index contributed by atoms with van der Waals surface area (Å²) in [6.45, 7) is 0. The predicted molar refractivity (Wildman–Crippen MR) is 55.8 cm³/mol. The van der Waals surface area contributed by atoms with Crippen molar-refractivity contribution in [3.63, 3.8) is 0 Å². The summed E-state index contributed by atoms with van der Waals surface area (Å²) in [5.74, 6) is 1.65. The molecule has 72 valence electrons. The molecule has 0 aliphatic rings. The van der Waals surface area contributed by atoms with Gasteiger partial charge in [-0.05, 0) is 24.3 Å². The summed E-state index contributed by atoms with van der Waals surface area (Å²) in [6.07, 6.45) is 3.41. The highest BCUT2D eigenvalue weighted by Gasteiger charge is 1.92. The van der Waals surface area contributed by atoms with E-state index < -0.39 is 0 Å². The van der Waals surface area contributed by atoms with Crippen molar-refractivity contribution in [2.45, 2.75) is 0 Å². The molecule has 1 aromatic carbocycles. The third-order valence-corrected chi connectivity index (χ3v) is 1.63. The largest absolute Gasteiger partial charge is 0.457 e. The maximum atomic E-state index is 5.54. The molecule has 0 aliphatic heterocycles. The van der Waals surface area contributed by atoms with Gasteiger partial charge >= 0.3 is 0 Å². The second-order valence-corrected chi connectivity index (χ2v) is 2.60. The van der Waals surface area contributed by atoms with Crippen LogP contribution < -0.4 is 10.9 Å². The van der Waals surface area contributed by atoms with Gasteiger partial charge < -0.3 is 10.9 Å². The van der Waals surface area contributed by atoms with E-state index in [1.807, 2.05) is 42.5 Å². The molecule has 14 heavy (non-hydrogen) atoms. The molecule has 3 heteroatoms. The summed E-state index contributed by atoms with van der Waals surface area (Å²) in [6, 6.07) is 13.3. The van der Waals surface area contributed by atoms with Crippen LogP contribution in [0.1, 0.15) is 0 Å². The van der Waals surface area contributed by atoms with Crippen LogP contribution in [-0.2, 0) is 0 Å². The van der Waals surface area contributed by atoms with Crippen LogP contribution in [0.3, 0.4) is 0 Å². The SMILES string of the molecule is N.c1ccc(Oc2ccncc2)cc1. The zero-order valence-corrected chi connectivity index (χ0v) is 7.76. The molecular formula is C11H12N2O. The minimum absolute atomic E-state index is 0. The standard InChI is InChI=1S/C11H9NO.H3N/c1-2-4-10(5-3-1)13-11-6-8-12-9-7-11;/h1-9H;1H3. The fourth-order valence-corrected chi connectivity index (χ4v) is 1.03. The first kappa shape index (κ1) is 10.2. The number of benzene rings is 1. The molecule has 0 saturated heterocycles. The average Bonchev–Trinajstić information content (AvgIpc) is 2.21. The van der Waals surface area contributed by atoms with Crippen molar-refractivity contribution in [1.29, 1.82) is 0 Å². The van der Waals surface area contributed by atoms with E-state index in [2.05, 4.69) is 4.98 Å². The quantitative estimate of drug-likeness (QED) is 0.788. The number of pyridine rings is 1. The molecule has 3 nitrogen and oxygen atoms in total. The van der Waals surface area contributed by atoms with Gasteiger partial charge in [-0.1, -0.05) is 18.2 Å². The first-order valence-corrected chi connectivity index (χ1v) is 4.08. The second kappa shape index (κ2) is 4.99. The lowest BCUT2D eigenvalue weighted by Gasteiger charge is -2.03. The van der Waals surface area contributed by atoms with Crippen molar-refractivity contribution in [3.05, 3.63) is 54.9 Å². The van der Waals surface area contributed by atoms with E-state index in [9.17, 15) is 0 Å². The Balaban J connectivity index is 0.000000980. The maximum Gasteiger partial charge on any atom is 0.130 e. The van der Waals surface area contributed by atoms with Crippen molar-refractivity contribution in [2.75, 3.05) is 0 Å². The summed E-state index contributed by atoms with van der Waals surface area (Å²) in [7, 11) is 0. The van der Waals surface area contributed by atoms with Crippen molar-refractivity contribution in [2.24, 2.45) is 0 Å². The maximum absolute atomic E-state index is 5.54. The van der Waals surface area contributed by atoms with Crippen LogP contribution in [-0.4, -0.2) is 4.98 Å². The van der Waals surface area contributed by atoms with Gasteiger partial charge in [-0.25, -0.2) is 0 Å². The number of rotatable bonds is 2. The van der Waals surface area contributed by atoms with E-state index in [0.717, 1.165) is 11.5 Å². The number of nitrogens with zero attached hydrogens (tertiary/aromatic N) is 1. The summed E-state index contributed by atoms with van der Waals surface area (Å²) >= 11 is 0. The molecule has 0 atom stereocenters. The Labute approximate surface area is 83.0 Å². The van der Waals surface area contributed by atoms with Crippen LogP contribution in [0.4, 0.5) is 0 Å². The summed E-state index contributed by atoms with van der Waals surface area (Å²) < 4.78 is 5.54. The van der Waals surface area contributed by atoms with Gasteiger partial charge in [0.15, 0.2) is 0 Å². The Morgan fingerprint density at radius 3 is 2.00 bits per heavy atom. The van der Waals surface area contributed by atoms with Crippen LogP contribution >= 0.6 is 0 Å². The van der Waals surface area contributed by atoms with Gasteiger partial charge in [0.05, 0.1) is 0 Å². The van der Waals surface area contributed by atoms with Gasteiger partial charge in [-0.2, -0.15) is 0 Å². The Morgan fingerprint density at radius 2 is 1.36 bits per heavy atom. The minimum atomic E-state index is 0. The molecule has 1 heterocycles. The third-order valence-electron chi connectivity index (χ3n) is 1.63. The molecule has 2 aromatic rings. The van der Waals surface area contributed by atoms with Crippen LogP contribution in [0.25, 0.3) is 0 Å².